The van der Waals surface area contributed by atoms with Crippen LogP contribution in [-0.2, 0) is 12.0 Å². The Hall–Kier alpha value is -3.56. The van der Waals surface area contributed by atoms with Crippen molar-refractivity contribution in [3.63, 3.8) is 0 Å². The van der Waals surface area contributed by atoms with E-state index < -0.39 is 23.2 Å². The van der Waals surface area contributed by atoms with Gasteiger partial charge in [-0.05, 0) is 60.6 Å². The van der Waals surface area contributed by atoms with Crippen LogP contribution < -0.4 is 0 Å². The fourth-order valence-corrected chi connectivity index (χ4v) is 5.90. The van der Waals surface area contributed by atoms with Gasteiger partial charge in [-0.15, -0.1) is 5.10 Å². The smallest absolute Gasteiger partial charge is 0.135 e. The Morgan fingerprint density at radius 1 is 1.00 bits per heavy atom. The standard InChI is InChI=1S/C29H31F2N5O2/c1-5-19-18-12-23(26-20(30)8-6-9-21(26)31)34-35-27(18)29(4,28(19,2)3)25-11-7-10-22(33-25)24-14-36(16-32-24)13-17(38)15-37/h6-12,14,16-17,19,37-38H,5,13,15H2,1-4H3/t17-,19+,29+/m1/s1. The second-order valence-corrected chi connectivity index (χ2v) is 10.6. The fourth-order valence-electron chi connectivity index (χ4n) is 5.90. The third kappa shape index (κ3) is 4.01. The molecule has 38 heavy (non-hydrogen) atoms. The Bertz CT molecular complexity index is 1470. The molecule has 0 unspecified atom stereocenters. The summed E-state index contributed by atoms with van der Waals surface area (Å²) < 4.78 is 30.9. The molecule has 0 saturated heterocycles. The van der Waals surface area contributed by atoms with Crippen molar-refractivity contribution in [1.29, 1.82) is 0 Å². The Morgan fingerprint density at radius 3 is 2.39 bits per heavy atom. The van der Waals surface area contributed by atoms with Crippen LogP contribution in [0.15, 0.2) is 55.0 Å². The molecule has 3 heterocycles. The minimum atomic E-state index is -0.877. The van der Waals surface area contributed by atoms with Gasteiger partial charge in [0, 0.05) is 6.20 Å². The monoisotopic (exact) mass is 519 g/mol. The van der Waals surface area contributed by atoms with Crippen LogP contribution in [0.5, 0.6) is 0 Å². The Kier molecular flexibility index (Phi) is 6.61. The van der Waals surface area contributed by atoms with Crippen LogP contribution in [0.4, 0.5) is 8.78 Å². The Labute approximate surface area is 220 Å². The zero-order valence-electron chi connectivity index (χ0n) is 21.9. The van der Waals surface area contributed by atoms with E-state index in [0.717, 1.165) is 23.4 Å². The van der Waals surface area contributed by atoms with Crippen LogP contribution in [-0.4, -0.2) is 47.7 Å². The van der Waals surface area contributed by atoms with Crippen molar-refractivity contribution in [1.82, 2.24) is 24.7 Å². The molecule has 1 aliphatic rings. The lowest BCUT2D eigenvalue weighted by Gasteiger charge is -2.41. The first kappa shape index (κ1) is 26.1. The van der Waals surface area contributed by atoms with Crippen molar-refractivity contribution in [2.24, 2.45) is 5.41 Å². The fraction of sp³-hybridized carbons (Fsp3) is 0.379. The maximum Gasteiger partial charge on any atom is 0.135 e. The molecule has 7 nitrogen and oxygen atoms in total. The minimum Gasteiger partial charge on any atom is -0.394 e. The predicted octanol–water partition coefficient (Wildman–Crippen LogP) is 4.87. The SMILES string of the molecule is CC[C@H]1c2cc(-c3c(F)cccc3F)nnc2[C@](C)(c2cccc(-c3cn(C[C@@H](O)CO)cn3)n2)C1(C)C. The number of hydrogen-bond donors (Lipinski definition) is 2. The van der Waals surface area contributed by atoms with Gasteiger partial charge in [0.1, 0.15) is 17.3 Å². The van der Waals surface area contributed by atoms with Crippen LogP contribution >= 0.6 is 0 Å². The number of nitrogens with zero attached hydrogens (tertiary/aromatic N) is 5. The average Bonchev–Trinajstić information content (AvgIpc) is 3.43. The molecule has 0 fully saturated rings. The Morgan fingerprint density at radius 2 is 1.71 bits per heavy atom. The number of hydrogen-bond acceptors (Lipinski definition) is 6. The molecular weight excluding hydrogens is 488 g/mol. The van der Waals surface area contributed by atoms with E-state index in [1.807, 2.05) is 18.2 Å². The van der Waals surface area contributed by atoms with Crippen LogP contribution in [0.25, 0.3) is 22.6 Å². The van der Waals surface area contributed by atoms with E-state index in [0.29, 0.717) is 11.4 Å². The first-order chi connectivity index (χ1) is 18.1. The number of rotatable bonds is 7. The molecule has 3 aromatic heterocycles. The molecule has 0 saturated carbocycles. The number of imidazole rings is 1. The van der Waals surface area contributed by atoms with E-state index in [9.17, 15) is 13.9 Å². The topological polar surface area (TPSA) is 97.0 Å². The molecule has 0 aliphatic heterocycles. The number of aliphatic hydroxyl groups excluding tert-OH is 2. The molecule has 2 N–H and O–H groups in total. The van der Waals surface area contributed by atoms with Gasteiger partial charge in [-0.1, -0.05) is 32.9 Å². The highest BCUT2D eigenvalue weighted by Gasteiger charge is 2.57. The number of benzene rings is 1. The number of pyridine rings is 1. The highest BCUT2D eigenvalue weighted by molar-refractivity contribution is 5.63. The zero-order chi connectivity index (χ0) is 27.2. The number of halogens is 2. The first-order valence-electron chi connectivity index (χ1n) is 12.7. The van der Waals surface area contributed by atoms with E-state index in [-0.39, 0.29) is 35.7 Å². The molecular formula is C29H31F2N5O2. The van der Waals surface area contributed by atoms with E-state index >= 15 is 0 Å². The summed E-state index contributed by atoms with van der Waals surface area (Å²) in [6.45, 7) is 8.43. The lowest BCUT2D eigenvalue weighted by molar-refractivity contribution is 0.0812. The summed E-state index contributed by atoms with van der Waals surface area (Å²) in [7, 11) is 0. The number of aromatic nitrogens is 5. The Balaban J connectivity index is 1.61. The summed E-state index contributed by atoms with van der Waals surface area (Å²) >= 11 is 0. The normalized spacial score (nSPS) is 20.9. The van der Waals surface area contributed by atoms with Gasteiger partial charge >= 0.3 is 0 Å². The molecule has 0 radical (unpaired) electrons. The summed E-state index contributed by atoms with van der Waals surface area (Å²) in [5, 5.41) is 27.8. The third-order valence-electron chi connectivity index (χ3n) is 8.25. The summed E-state index contributed by atoms with van der Waals surface area (Å²) in [6, 6.07) is 11.3. The van der Waals surface area contributed by atoms with E-state index in [2.05, 4.69) is 42.9 Å². The van der Waals surface area contributed by atoms with Gasteiger partial charge in [0.05, 0.1) is 59.3 Å². The van der Waals surface area contributed by atoms with Gasteiger partial charge in [0.2, 0.25) is 0 Å². The molecule has 198 valence electrons. The number of fused-ring (bicyclic) bond motifs is 1. The minimum absolute atomic E-state index is 0.0521. The van der Waals surface area contributed by atoms with E-state index in [1.165, 1.54) is 18.2 Å². The van der Waals surface area contributed by atoms with Gasteiger partial charge in [-0.3, -0.25) is 4.98 Å². The van der Waals surface area contributed by atoms with E-state index in [1.54, 1.807) is 23.2 Å². The van der Waals surface area contributed by atoms with Crippen molar-refractivity contribution < 1.29 is 19.0 Å². The van der Waals surface area contributed by atoms with E-state index in [4.69, 9.17) is 10.1 Å². The third-order valence-corrected chi connectivity index (χ3v) is 8.25. The second kappa shape index (κ2) is 9.63. The molecule has 1 aliphatic carbocycles. The maximum atomic E-state index is 14.6. The van der Waals surface area contributed by atoms with Gasteiger partial charge in [-0.2, -0.15) is 5.10 Å². The van der Waals surface area contributed by atoms with Crippen LogP contribution in [0.1, 0.15) is 57.0 Å². The second-order valence-electron chi connectivity index (χ2n) is 10.6. The van der Waals surface area contributed by atoms with Crippen molar-refractivity contribution in [3.8, 4) is 22.6 Å². The largest absolute Gasteiger partial charge is 0.394 e. The van der Waals surface area contributed by atoms with Crippen LogP contribution in [0, 0.1) is 17.0 Å². The van der Waals surface area contributed by atoms with Crippen molar-refractivity contribution in [3.05, 3.63) is 83.6 Å². The van der Waals surface area contributed by atoms with Crippen molar-refractivity contribution in [2.75, 3.05) is 6.61 Å². The van der Waals surface area contributed by atoms with Crippen LogP contribution in [0.2, 0.25) is 0 Å². The quantitative estimate of drug-likeness (QED) is 0.362. The molecule has 0 amide bonds. The summed E-state index contributed by atoms with van der Waals surface area (Å²) in [6.07, 6.45) is 3.31. The zero-order valence-corrected chi connectivity index (χ0v) is 21.9. The van der Waals surface area contributed by atoms with Crippen molar-refractivity contribution >= 4 is 0 Å². The lowest BCUT2D eigenvalue weighted by atomic mass is 9.62. The summed E-state index contributed by atoms with van der Waals surface area (Å²) in [5.41, 5.74) is 2.77. The molecule has 0 bridgehead atoms. The predicted molar refractivity (Wildman–Crippen MR) is 139 cm³/mol. The maximum absolute atomic E-state index is 14.6. The highest BCUT2D eigenvalue weighted by atomic mass is 19.1. The molecule has 3 atom stereocenters. The summed E-state index contributed by atoms with van der Waals surface area (Å²) in [4.78, 5) is 9.45. The summed E-state index contributed by atoms with van der Waals surface area (Å²) in [5.74, 6) is -1.29. The van der Waals surface area contributed by atoms with Crippen molar-refractivity contribution in [2.45, 2.75) is 58.1 Å². The number of aliphatic hydroxyl groups is 2. The molecule has 4 aromatic rings. The molecule has 0 spiro atoms. The molecule has 5 rings (SSSR count). The van der Waals surface area contributed by atoms with Gasteiger partial charge in [-0.25, -0.2) is 13.8 Å². The molecule has 1 aromatic carbocycles. The highest BCUT2D eigenvalue weighted by Crippen LogP contribution is 2.61. The van der Waals surface area contributed by atoms with Gasteiger partial charge in [0.15, 0.2) is 0 Å². The first-order valence-corrected chi connectivity index (χ1v) is 12.7. The average molecular weight is 520 g/mol. The van der Waals surface area contributed by atoms with Crippen LogP contribution in [0.3, 0.4) is 0 Å². The van der Waals surface area contributed by atoms with Gasteiger partial charge < -0.3 is 14.8 Å². The van der Waals surface area contributed by atoms with Gasteiger partial charge in [0.25, 0.3) is 0 Å². The molecule has 9 heteroatoms. The lowest BCUT2D eigenvalue weighted by Crippen LogP contribution is -2.39.